The van der Waals surface area contributed by atoms with E-state index in [2.05, 4.69) is 0 Å². The van der Waals surface area contributed by atoms with Crippen LogP contribution in [0.5, 0.6) is 0 Å². The fraction of sp³-hybridized carbons (Fsp3) is 1.00. The van der Waals surface area contributed by atoms with Crippen LogP contribution in [0.3, 0.4) is 0 Å². The molecule has 0 fully saturated rings. The van der Waals surface area contributed by atoms with Crippen molar-refractivity contribution >= 4 is 0 Å². The van der Waals surface area contributed by atoms with Crippen LogP contribution in [0.1, 0.15) is 19.8 Å². The number of hydrogen-bond donors (Lipinski definition) is 0. The molecule has 0 aromatic heterocycles. The molecule has 0 amide bonds. The maximum atomic E-state index is 11.8. The van der Waals surface area contributed by atoms with Crippen LogP contribution in [0.2, 0.25) is 0 Å². The van der Waals surface area contributed by atoms with Gasteiger partial charge in [-0.25, -0.2) is 13.9 Å². The molecule has 0 spiro atoms. The van der Waals surface area contributed by atoms with Gasteiger partial charge in [-0.3, -0.25) is 0 Å². The van der Waals surface area contributed by atoms with Crippen molar-refractivity contribution in [3.63, 3.8) is 0 Å². The molecule has 0 aromatic carbocycles. The Bertz CT molecular complexity index is 63.4. The molecule has 0 aliphatic rings. The molecule has 0 N–H and O–H groups in total. The van der Waals surface area contributed by atoms with Crippen LogP contribution in [0.15, 0.2) is 0 Å². The van der Waals surface area contributed by atoms with Crippen molar-refractivity contribution in [1.82, 2.24) is 0 Å². The predicted octanol–water partition coefficient (Wildman–Crippen LogP) is 1.85. The molecule has 0 aromatic rings. The summed E-state index contributed by atoms with van der Waals surface area (Å²) in [6, 6.07) is 0. The fourth-order valence-electron chi connectivity index (χ4n) is 0.438. The van der Waals surface area contributed by atoms with E-state index in [4.69, 9.17) is 0 Å². The summed E-state index contributed by atoms with van der Waals surface area (Å²) in [5.74, 6) is -2.96. The van der Waals surface area contributed by atoms with E-state index in [-0.39, 0.29) is 6.42 Å². The van der Waals surface area contributed by atoms with Crippen molar-refractivity contribution in [2.24, 2.45) is 0 Å². The first kappa shape index (κ1) is 7.82. The molecule has 1 nitrogen and oxygen atoms in total. The first-order chi connectivity index (χ1) is 3.62. The average molecular weight is 123 g/mol. The number of rotatable bonds is 3. The van der Waals surface area contributed by atoms with Gasteiger partial charge < -0.3 is 0 Å². The molecule has 8 heavy (non-hydrogen) atoms. The van der Waals surface area contributed by atoms with Crippen molar-refractivity contribution in [3.8, 4) is 0 Å². The zero-order valence-electron chi connectivity index (χ0n) is 4.79. The maximum Gasteiger partial charge on any atom is 0.274 e. The van der Waals surface area contributed by atoms with Gasteiger partial charge in [0.15, 0.2) is 0 Å². The van der Waals surface area contributed by atoms with Gasteiger partial charge in [0.1, 0.15) is 6.61 Å². The lowest BCUT2D eigenvalue weighted by molar-refractivity contribution is -0.0782. The standard InChI is InChI=1S/C5H9F2O/c1-2-3-5(6,7)4-8/h2-4H2,1H3. The Morgan fingerprint density at radius 3 is 2.12 bits per heavy atom. The summed E-state index contributed by atoms with van der Waals surface area (Å²) in [5.41, 5.74) is 0. The molecule has 0 bridgehead atoms. The number of alkyl halides is 2. The van der Waals surface area contributed by atoms with Gasteiger partial charge in [-0.1, -0.05) is 13.3 Å². The molecule has 0 unspecified atom stereocenters. The second-order valence-corrected chi connectivity index (χ2v) is 1.75. The molecule has 0 aliphatic carbocycles. The third-order valence-electron chi connectivity index (χ3n) is 0.827. The minimum absolute atomic E-state index is 0.281. The largest absolute Gasteiger partial charge is 0.274 e. The molecular formula is C5H9F2O. The highest BCUT2D eigenvalue weighted by Gasteiger charge is 2.26. The molecule has 1 radical (unpaired) electrons. The Balaban J connectivity index is 3.37. The lowest BCUT2D eigenvalue weighted by Crippen LogP contribution is -2.19. The molecule has 0 rings (SSSR count). The summed E-state index contributed by atoms with van der Waals surface area (Å²) in [6.07, 6.45) is 0.0890. The van der Waals surface area contributed by atoms with Gasteiger partial charge in [0.2, 0.25) is 0 Å². The fourth-order valence-corrected chi connectivity index (χ4v) is 0.438. The van der Waals surface area contributed by atoms with Gasteiger partial charge in [0, 0.05) is 6.42 Å². The van der Waals surface area contributed by atoms with E-state index in [9.17, 15) is 13.9 Å². The van der Waals surface area contributed by atoms with E-state index >= 15 is 0 Å². The van der Waals surface area contributed by atoms with Crippen LogP contribution in [-0.4, -0.2) is 12.5 Å². The first-order valence-electron chi connectivity index (χ1n) is 2.58. The summed E-state index contributed by atoms with van der Waals surface area (Å²) in [4.78, 5) is 0. The second-order valence-electron chi connectivity index (χ2n) is 1.75. The number of halogens is 2. The molecule has 0 atom stereocenters. The summed E-state index contributed by atoms with van der Waals surface area (Å²) >= 11 is 0. The Labute approximate surface area is 47.3 Å². The minimum atomic E-state index is -2.96. The Morgan fingerprint density at radius 2 is 2.00 bits per heavy atom. The topological polar surface area (TPSA) is 19.9 Å². The van der Waals surface area contributed by atoms with Gasteiger partial charge in [-0.05, 0) is 0 Å². The lowest BCUT2D eigenvalue weighted by atomic mass is 10.2. The highest BCUT2D eigenvalue weighted by atomic mass is 19.3. The zero-order valence-corrected chi connectivity index (χ0v) is 4.79. The van der Waals surface area contributed by atoms with Crippen LogP contribution < -0.4 is 0 Å². The van der Waals surface area contributed by atoms with Crippen molar-refractivity contribution in [2.75, 3.05) is 6.61 Å². The van der Waals surface area contributed by atoms with Gasteiger partial charge in [0.25, 0.3) is 5.92 Å². The minimum Gasteiger partial charge on any atom is -0.230 e. The average Bonchev–Trinajstić information content (AvgIpc) is 1.67. The maximum absolute atomic E-state index is 11.8. The highest BCUT2D eigenvalue weighted by Crippen LogP contribution is 2.18. The Kier molecular flexibility index (Phi) is 2.90. The lowest BCUT2D eigenvalue weighted by Gasteiger charge is -2.08. The Hall–Kier alpha value is -0.180. The SMILES string of the molecule is CCCC(F)(F)C[O]. The summed E-state index contributed by atoms with van der Waals surface area (Å²) in [6.45, 7) is 0.352. The second kappa shape index (κ2) is 2.97. The molecule has 0 aliphatic heterocycles. The summed E-state index contributed by atoms with van der Waals surface area (Å²) in [7, 11) is 0. The molecule has 0 saturated heterocycles. The van der Waals surface area contributed by atoms with Gasteiger partial charge >= 0.3 is 0 Å². The zero-order chi connectivity index (χ0) is 6.62. The Morgan fingerprint density at radius 1 is 1.50 bits per heavy atom. The molecular weight excluding hydrogens is 114 g/mol. The van der Waals surface area contributed by atoms with Gasteiger partial charge in [-0.15, -0.1) is 0 Å². The van der Waals surface area contributed by atoms with E-state index in [0.29, 0.717) is 6.42 Å². The van der Waals surface area contributed by atoms with Gasteiger partial charge in [-0.2, -0.15) is 0 Å². The molecule has 0 saturated carbocycles. The van der Waals surface area contributed by atoms with Crippen LogP contribution in [0.25, 0.3) is 0 Å². The van der Waals surface area contributed by atoms with Crippen LogP contribution >= 0.6 is 0 Å². The molecule has 0 heterocycles. The normalized spacial score (nSPS) is 12.0. The number of hydrogen-bond acceptors (Lipinski definition) is 0. The van der Waals surface area contributed by atoms with Crippen molar-refractivity contribution in [2.45, 2.75) is 25.7 Å². The van der Waals surface area contributed by atoms with Crippen molar-refractivity contribution in [3.05, 3.63) is 0 Å². The third kappa shape index (κ3) is 2.91. The smallest absolute Gasteiger partial charge is 0.230 e. The van der Waals surface area contributed by atoms with E-state index in [1.807, 2.05) is 0 Å². The summed E-state index contributed by atoms with van der Waals surface area (Å²) < 4.78 is 23.7. The molecule has 49 valence electrons. The predicted molar refractivity (Wildman–Crippen MR) is 25.4 cm³/mol. The van der Waals surface area contributed by atoms with Gasteiger partial charge in [0.05, 0.1) is 0 Å². The van der Waals surface area contributed by atoms with E-state index < -0.39 is 12.5 Å². The third-order valence-corrected chi connectivity index (χ3v) is 0.827. The van der Waals surface area contributed by atoms with Crippen molar-refractivity contribution < 1.29 is 13.9 Å². The summed E-state index contributed by atoms with van der Waals surface area (Å²) in [5, 5.41) is 9.59. The van der Waals surface area contributed by atoms with Crippen LogP contribution in [0, 0.1) is 0 Å². The van der Waals surface area contributed by atoms with E-state index in [1.54, 1.807) is 6.92 Å². The highest BCUT2D eigenvalue weighted by molar-refractivity contribution is 4.61. The van der Waals surface area contributed by atoms with E-state index in [0.717, 1.165) is 0 Å². The van der Waals surface area contributed by atoms with Crippen LogP contribution in [0.4, 0.5) is 8.78 Å². The quantitative estimate of drug-likeness (QED) is 0.545. The first-order valence-corrected chi connectivity index (χ1v) is 2.58. The monoisotopic (exact) mass is 123 g/mol. The molecule has 3 heteroatoms. The van der Waals surface area contributed by atoms with Crippen LogP contribution in [-0.2, 0) is 5.11 Å². The van der Waals surface area contributed by atoms with Crippen molar-refractivity contribution in [1.29, 1.82) is 0 Å². The van der Waals surface area contributed by atoms with E-state index in [1.165, 1.54) is 0 Å².